The van der Waals surface area contributed by atoms with Crippen LogP contribution in [0.15, 0.2) is 41.5 Å². The van der Waals surface area contributed by atoms with Crippen LogP contribution in [0.1, 0.15) is 23.6 Å². The molecule has 0 atom stereocenters. The van der Waals surface area contributed by atoms with Crippen LogP contribution >= 0.6 is 0 Å². The first kappa shape index (κ1) is 23.2. The lowest BCUT2D eigenvalue weighted by atomic mass is 10.1. The monoisotopic (exact) mass is 463 g/mol. The van der Waals surface area contributed by atoms with Crippen LogP contribution in [0, 0.1) is 13.8 Å². The Balaban J connectivity index is 1.58. The van der Waals surface area contributed by atoms with Crippen LogP contribution in [0.3, 0.4) is 0 Å². The van der Waals surface area contributed by atoms with Crippen LogP contribution in [0.4, 0.5) is 23.5 Å². The van der Waals surface area contributed by atoms with E-state index in [4.69, 9.17) is 9.47 Å². The van der Waals surface area contributed by atoms with Crippen molar-refractivity contribution in [2.45, 2.75) is 20.8 Å². The Bertz CT molecular complexity index is 1160. The number of phenolic OH excluding ortho intramolecular Hbond substituents is 1. The zero-order chi connectivity index (χ0) is 23.9. The van der Waals surface area contributed by atoms with Crippen molar-refractivity contribution in [3.05, 3.63) is 53.1 Å². The highest BCUT2D eigenvalue weighted by Gasteiger charge is 2.17. The van der Waals surface area contributed by atoms with E-state index in [1.807, 2.05) is 20.8 Å². The Kier molecular flexibility index (Phi) is 7.38. The van der Waals surface area contributed by atoms with Crippen molar-refractivity contribution in [2.24, 2.45) is 5.10 Å². The Morgan fingerprint density at radius 1 is 1.09 bits per heavy atom. The summed E-state index contributed by atoms with van der Waals surface area (Å²) in [7, 11) is 0. The standard InChI is InChI=1S/C24H29N7O3/c1-4-34-21-14-18(7-8-20(21)32)15-25-30-23-27-22(26-19-13-16(2)5-6-17(19)3)28-24(29-23)31-9-11-33-12-10-31/h5-8,13-15,32H,4,9-12H2,1-3H3,(H2,26,27,28,29,30). The molecule has 2 heterocycles. The van der Waals surface area contributed by atoms with Crippen molar-refractivity contribution in [3.63, 3.8) is 0 Å². The minimum Gasteiger partial charge on any atom is -0.504 e. The summed E-state index contributed by atoms with van der Waals surface area (Å²) in [5.74, 6) is 1.77. The highest BCUT2D eigenvalue weighted by Crippen LogP contribution is 2.26. The maximum absolute atomic E-state index is 9.88. The number of phenols is 1. The second-order valence-corrected chi connectivity index (χ2v) is 7.86. The summed E-state index contributed by atoms with van der Waals surface area (Å²) < 4.78 is 10.9. The summed E-state index contributed by atoms with van der Waals surface area (Å²) in [6.45, 7) is 9.02. The molecule has 3 aromatic rings. The van der Waals surface area contributed by atoms with Crippen molar-refractivity contribution in [2.75, 3.05) is 48.6 Å². The molecule has 178 valence electrons. The number of anilines is 4. The van der Waals surface area contributed by atoms with Gasteiger partial charge in [-0.1, -0.05) is 12.1 Å². The first-order valence-corrected chi connectivity index (χ1v) is 11.2. The van der Waals surface area contributed by atoms with E-state index >= 15 is 0 Å². The number of hydrogen-bond acceptors (Lipinski definition) is 10. The quantitative estimate of drug-likeness (QED) is 0.340. The van der Waals surface area contributed by atoms with E-state index in [1.54, 1.807) is 24.4 Å². The minimum atomic E-state index is 0.0849. The van der Waals surface area contributed by atoms with Crippen LogP contribution in [-0.4, -0.2) is 59.2 Å². The number of hydrazone groups is 1. The molecule has 10 heteroatoms. The predicted molar refractivity (Wildman–Crippen MR) is 133 cm³/mol. The molecule has 1 saturated heterocycles. The largest absolute Gasteiger partial charge is 0.504 e. The molecule has 0 spiro atoms. The first-order valence-electron chi connectivity index (χ1n) is 11.2. The summed E-state index contributed by atoms with van der Waals surface area (Å²) in [4.78, 5) is 15.7. The van der Waals surface area contributed by atoms with Crippen molar-refractivity contribution in [3.8, 4) is 11.5 Å². The summed E-state index contributed by atoms with van der Waals surface area (Å²) in [6, 6.07) is 11.2. The Morgan fingerprint density at radius 3 is 2.68 bits per heavy atom. The van der Waals surface area contributed by atoms with Crippen molar-refractivity contribution in [1.29, 1.82) is 0 Å². The van der Waals surface area contributed by atoms with Gasteiger partial charge in [0.25, 0.3) is 0 Å². The fraction of sp³-hybridized carbons (Fsp3) is 0.333. The molecule has 1 aliphatic rings. The van der Waals surface area contributed by atoms with Gasteiger partial charge in [0, 0.05) is 18.8 Å². The lowest BCUT2D eigenvalue weighted by molar-refractivity contribution is 0.122. The van der Waals surface area contributed by atoms with Crippen LogP contribution < -0.4 is 20.4 Å². The fourth-order valence-electron chi connectivity index (χ4n) is 3.41. The number of morpholine rings is 1. The molecular weight excluding hydrogens is 434 g/mol. The number of hydrogen-bond donors (Lipinski definition) is 3. The molecule has 10 nitrogen and oxygen atoms in total. The molecule has 0 saturated carbocycles. The first-order chi connectivity index (χ1) is 16.5. The molecule has 0 bridgehead atoms. The highest BCUT2D eigenvalue weighted by atomic mass is 16.5. The number of aryl methyl sites for hydroxylation is 2. The van der Waals surface area contributed by atoms with Gasteiger partial charge in [-0.15, -0.1) is 0 Å². The topological polar surface area (TPSA) is 117 Å². The molecule has 1 fully saturated rings. The van der Waals surface area contributed by atoms with Crippen LogP contribution in [-0.2, 0) is 4.74 Å². The average molecular weight is 464 g/mol. The zero-order valence-electron chi connectivity index (χ0n) is 19.6. The molecule has 0 amide bonds. The molecule has 1 aromatic heterocycles. The summed E-state index contributed by atoms with van der Waals surface area (Å²) in [5, 5.41) is 17.5. The van der Waals surface area contributed by atoms with Gasteiger partial charge in [-0.2, -0.15) is 20.1 Å². The van der Waals surface area contributed by atoms with Gasteiger partial charge in [-0.05, 0) is 61.7 Å². The third-order valence-electron chi connectivity index (χ3n) is 5.22. The van der Waals surface area contributed by atoms with Gasteiger partial charge in [0.2, 0.25) is 17.8 Å². The van der Waals surface area contributed by atoms with Crippen LogP contribution in [0.5, 0.6) is 11.5 Å². The Labute approximate surface area is 198 Å². The lowest BCUT2D eigenvalue weighted by Crippen LogP contribution is -2.37. The van der Waals surface area contributed by atoms with E-state index in [2.05, 4.69) is 53.9 Å². The normalized spacial score (nSPS) is 13.8. The van der Waals surface area contributed by atoms with E-state index in [-0.39, 0.29) is 5.75 Å². The van der Waals surface area contributed by atoms with Crippen LogP contribution in [0.2, 0.25) is 0 Å². The molecule has 0 unspecified atom stereocenters. The van der Waals surface area contributed by atoms with E-state index in [0.717, 1.165) is 22.4 Å². The third kappa shape index (κ3) is 5.90. The van der Waals surface area contributed by atoms with Gasteiger partial charge in [0.15, 0.2) is 11.5 Å². The number of aromatic hydroxyl groups is 1. The van der Waals surface area contributed by atoms with Crippen molar-refractivity contribution < 1.29 is 14.6 Å². The molecule has 0 radical (unpaired) electrons. The number of benzene rings is 2. The average Bonchev–Trinajstić information content (AvgIpc) is 2.84. The van der Waals surface area contributed by atoms with Crippen molar-refractivity contribution >= 4 is 29.7 Å². The molecule has 4 rings (SSSR count). The van der Waals surface area contributed by atoms with Crippen molar-refractivity contribution in [1.82, 2.24) is 15.0 Å². The molecular formula is C24H29N7O3. The number of nitrogens with one attached hydrogen (secondary N) is 2. The number of aromatic nitrogens is 3. The van der Waals surface area contributed by atoms with Gasteiger partial charge < -0.3 is 24.8 Å². The van der Waals surface area contributed by atoms with Gasteiger partial charge in [0.1, 0.15) is 0 Å². The second kappa shape index (κ2) is 10.8. The molecule has 1 aliphatic heterocycles. The Morgan fingerprint density at radius 2 is 1.88 bits per heavy atom. The number of ether oxygens (including phenoxy) is 2. The zero-order valence-corrected chi connectivity index (χ0v) is 19.6. The van der Waals surface area contributed by atoms with Gasteiger partial charge >= 0.3 is 0 Å². The summed E-state index contributed by atoms with van der Waals surface area (Å²) in [6.07, 6.45) is 1.61. The van der Waals surface area contributed by atoms with E-state index in [0.29, 0.717) is 56.5 Å². The number of nitrogens with zero attached hydrogens (tertiary/aromatic N) is 5. The molecule has 3 N–H and O–H groups in total. The molecule has 34 heavy (non-hydrogen) atoms. The van der Waals surface area contributed by atoms with E-state index < -0.39 is 0 Å². The van der Waals surface area contributed by atoms with Gasteiger partial charge in [-0.3, -0.25) is 0 Å². The maximum Gasteiger partial charge on any atom is 0.250 e. The predicted octanol–water partition coefficient (Wildman–Crippen LogP) is 3.62. The molecule has 2 aromatic carbocycles. The highest BCUT2D eigenvalue weighted by molar-refractivity contribution is 5.81. The summed E-state index contributed by atoms with van der Waals surface area (Å²) >= 11 is 0. The Hall–Kier alpha value is -3.92. The van der Waals surface area contributed by atoms with Gasteiger partial charge in [0.05, 0.1) is 26.0 Å². The third-order valence-corrected chi connectivity index (χ3v) is 5.22. The maximum atomic E-state index is 9.88. The minimum absolute atomic E-state index is 0.0849. The van der Waals surface area contributed by atoms with E-state index in [9.17, 15) is 5.11 Å². The summed E-state index contributed by atoms with van der Waals surface area (Å²) in [5.41, 5.74) is 6.81. The smallest absolute Gasteiger partial charge is 0.250 e. The lowest BCUT2D eigenvalue weighted by Gasteiger charge is -2.27. The molecule has 0 aliphatic carbocycles. The van der Waals surface area contributed by atoms with Crippen LogP contribution in [0.25, 0.3) is 0 Å². The second-order valence-electron chi connectivity index (χ2n) is 7.86. The fourth-order valence-corrected chi connectivity index (χ4v) is 3.41. The van der Waals surface area contributed by atoms with Gasteiger partial charge in [-0.25, -0.2) is 5.43 Å². The van der Waals surface area contributed by atoms with E-state index in [1.165, 1.54) is 0 Å². The SMILES string of the molecule is CCOc1cc(C=NNc2nc(Nc3cc(C)ccc3C)nc(N3CCOCC3)n2)ccc1O. The number of rotatable bonds is 8.